The number of hydrogen-bond acceptors (Lipinski definition) is 3. The maximum absolute atomic E-state index is 12.4. The summed E-state index contributed by atoms with van der Waals surface area (Å²) in [5.74, 6) is 0.492. The van der Waals surface area contributed by atoms with Gasteiger partial charge in [0.2, 0.25) is 11.8 Å². The minimum absolute atomic E-state index is 0.0526. The van der Waals surface area contributed by atoms with Gasteiger partial charge in [0, 0.05) is 17.9 Å². The molecule has 0 bridgehead atoms. The summed E-state index contributed by atoms with van der Waals surface area (Å²) in [6, 6.07) is 4.51. The second kappa shape index (κ2) is 5.38. The molecule has 2 atom stereocenters. The summed E-state index contributed by atoms with van der Waals surface area (Å²) in [5.41, 5.74) is 0.583. The van der Waals surface area contributed by atoms with Crippen LogP contribution in [0.15, 0.2) is 18.2 Å². The number of carbonyl (C=O) groups excluding carboxylic acids is 2. The Morgan fingerprint density at radius 2 is 2.19 bits per heavy atom. The lowest BCUT2D eigenvalue weighted by molar-refractivity contribution is -0.135. The zero-order chi connectivity index (χ0) is 15.2. The van der Waals surface area contributed by atoms with Gasteiger partial charge in [0.1, 0.15) is 6.04 Å². The average Bonchev–Trinajstić information content (AvgIpc) is 2.91. The summed E-state index contributed by atoms with van der Waals surface area (Å²) in [4.78, 5) is 26.0. The van der Waals surface area contributed by atoms with Crippen LogP contribution in [0, 0.1) is 0 Å². The van der Waals surface area contributed by atoms with Gasteiger partial charge in [-0.05, 0) is 31.5 Å². The molecule has 112 valence electrons. The van der Waals surface area contributed by atoms with Crippen LogP contribution in [0.4, 0.5) is 5.69 Å². The summed E-state index contributed by atoms with van der Waals surface area (Å²) in [7, 11) is 0. The second-order valence-electron chi connectivity index (χ2n) is 5.38. The number of hydrogen-bond donors (Lipinski definition) is 1. The third-order valence-electron chi connectivity index (χ3n) is 3.93. The Labute approximate surface area is 137 Å². The molecule has 2 amide bonds. The van der Waals surface area contributed by atoms with Gasteiger partial charge < -0.3 is 10.2 Å². The van der Waals surface area contributed by atoms with Crippen LogP contribution in [0.5, 0.6) is 0 Å². The first-order chi connectivity index (χ1) is 9.90. The van der Waals surface area contributed by atoms with Crippen molar-refractivity contribution in [2.75, 3.05) is 11.1 Å². The fourth-order valence-corrected chi connectivity index (χ4v) is 4.54. The zero-order valence-corrected chi connectivity index (χ0v) is 13.7. The van der Waals surface area contributed by atoms with E-state index in [9.17, 15) is 9.59 Å². The number of anilines is 1. The van der Waals surface area contributed by atoms with Crippen LogP contribution in [0.1, 0.15) is 19.8 Å². The fraction of sp³-hybridized carbons (Fsp3) is 0.429. The first kappa shape index (κ1) is 15.0. The van der Waals surface area contributed by atoms with Crippen molar-refractivity contribution >= 4 is 52.5 Å². The Morgan fingerprint density at radius 1 is 1.43 bits per heavy atom. The van der Waals surface area contributed by atoms with Crippen LogP contribution < -0.4 is 5.32 Å². The molecular weight excluding hydrogens is 331 g/mol. The molecular formula is C14H14Cl2N2O2S. The standard InChI is InChI=1S/C14H14Cl2N2O2S/c1-14-5-4-12(19)18(14)11(7-21-14)13(20)17-8-2-3-9(15)10(16)6-8/h2-3,6,11H,4-5,7H2,1H3,(H,17,20)/t11-,14+/m1/s1. The predicted octanol–water partition coefficient (Wildman–Crippen LogP) is 3.39. The first-order valence-corrected chi connectivity index (χ1v) is 8.37. The highest BCUT2D eigenvalue weighted by molar-refractivity contribution is 8.01. The maximum atomic E-state index is 12.4. The number of halogens is 2. The van der Waals surface area contributed by atoms with E-state index in [0.717, 1.165) is 6.42 Å². The molecule has 1 N–H and O–H groups in total. The molecule has 21 heavy (non-hydrogen) atoms. The van der Waals surface area contributed by atoms with E-state index in [1.807, 2.05) is 6.92 Å². The summed E-state index contributed by atoms with van der Waals surface area (Å²) < 4.78 is 0. The van der Waals surface area contributed by atoms with E-state index in [4.69, 9.17) is 23.2 Å². The summed E-state index contributed by atoms with van der Waals surface area (Å²) in [6.07, 6.45) is 1.31. The van der Waals surface area contributed by atoms with E-state index in [0.29, 0.717) is 27.9 Å². The Hall–Kier alpha value is -0.910. The van der Waals surface area contributed by atoms with Crippen molar-refractivity contribution < 1.29 is 9.59 Å². The van der Waals surface area contributed by atoms with Gasteiger partial charge >= 0.3 is 0 Å². The molecule has 0 spiro atoms. The number of nitrogens with one attached hydrogen (secondary N) is 1. The topological polar surface area (TPSA) is 49.4 Å². The van der Waals surface area contributed by atoms with E-state index in [1.54, 1.807) is 34.9 Å². The molecule has 0 saturated carbocycles. The van der Waals surface area contributed by atoms with E-state index in [2.05, 4.69) is 5.32 Å². The third kappa shape index (κ3) is 2.62. The van der Waals surface area contributed by atoms with Crippen LogP contribution in [0.3, 0.4) is 0 Å². The third-order valence-corrected chi connectivity index (χ3v) is 6.18. The first-order valence-electron chi connectivity index (χ1n) is 6.63. The number of carbonyl (C=O) groups is 2. The van der Waals surface area contributed by atoms with E-state index in [-0.39, 0.29) is 16.7 Å². The van der Waals surface area contributed by atoms with Gasteiger partial charge in [-0.3, -0.25) is 9.59 Å². The highest BCUT2D eigenvalue weighted by Crippen LogP contribution is 2.47. The number of rotatable bonds is 2. The summed E-state index contributed by atoms with van der Waals surface area (Å²) in [5, 5.41) is 3.64. The molecule has 0 unspecified atom stereocenters. The van der Waals surface area contributed by atoms with Crippen molar-refractivity contribution in [2.24, 2.45) is 0 Å². The van der Waals surface area contributed by atoms with Crippen LogP contribution in [-0.4, -0.2) is 33.4 Å². The van der Waals surface area contributed by atoms with Crippen LogP contribution in [0.25, 0.3) is 0 Å². The predicted molar refractivity (Wildman–Crippen MR) is 85.8 cm³/mol. The van der Waals surface area contributed by atoms with Gasteiger partial charge in [-0.25, -0.2) is 0 Å². The molecule has 3 rings (SSSR count). The summed E-state index contributed by atoms with van der Waals surface area (Å²) in [6.45, 7) is 2.02. The molecule has 2 aliphatic rings. The molecule has 1 aromatic carbocycles. The van der Waals surface area contributed by atoms with Crippen molar-refractivity contribution in [1.82, 2.24) is 4.90 Å². The van der Waals surface area contributed by atoms with Crippen molar-refractivity contribution in [2.45, 2.75) is 30.7 Å². The minimum atomic E-state index is -0.426. The van der Waals surface area contributed by atoms with Gasteiger partial charge in [-0.15, -0.1) is 11.8 Å². The molecule has 7 heteroatoms. The van der Waals surface area contributed by atoms with Crippen LogP contribution in [-0.2, 0) is 9.59 Å². The number of amides is 2. The monoisotopic (exact) mass is 344 g/mol. The van der Waals surface area contributed by atoms with Crippen molar-refractivity contribution in [3.05, 3.63) is 28.2 Å². The van der Waals surface area contributed by atoms with Gasteiger partial charge in [0.25, 0.3) is 0 Å². The largest absolute Gasteiger partial charge is 0.324 e. The number of nitrogens with zero attached hydrogens (tertiary/aromatic N) is 1. The Kier molecular flexibility index (Phi) is 3.84. The van der Waals surface area contributed by atoms with E-state index in [1.165, 1.54) is 0 Å². The van der Waals surface area contributed by atoms with E-state index >= 15 is 0 Å². The highest BCUT2D eigenvalue weighted by atomic mass is 35.5. The lowest BCUT2D eigenvalue weighted by Gasteiger charge is -2.29. The molecule has 0 aromatic heterocycles. The number of benzene rings is 1. The van der Waals surface area contributed by atoms with Crippen LogP contribution in [0.2, 0.25) is 10.0 Å². The van der Waals surface area contributed by atoms with Gasteiger partial charge in [0.05, 0.1) is 14.9 Å². The van der Waals surface area contributed by atoms with Gasteiger partial charge in [-0.2, -0.15) is 0 Å². The van der Waals surface area contributed by atoms with Crippen molar-refractivity contribution in [3.63, 3.8) is 0 Å². The zero-order valence-electron chi connectivity index (χ0n) is 11.4. The van der Waals surface area contributed by atoms with E-state index < -0.39 is 6.04 Å². The molecule has 0 aliphatic carbocycles. The normalized spacial score (nSPS) is 27.9. The lowest BCUT2D eigenvalue weighted by atomic mass is 10.2. The second-order valence-corrected chi connectivity index (χ2v) is 7.70. The Bertz CT molecular complexity index is 625. The Morgan fingerprint density at radius 3 is 2.90 bits per heavy atom. The molecule has 0 radical (unpaired) electrons. The number of fused-ring (bicyclic) bond motifs is 1. The molecule has 2 heterocycles. The highest BCUT2D eigenvalue weighted by Gasteiger charge is 2.52. The fourth-order valence-electron chi connectivity index (χ4n) is 2.81. The minimum Gasteiger partial charge on any atom is -0.324 e. The van der Waals surface area contributed by atoms with Crippen LogP contribution >= 0.6 is 35.0 Å². The molecule has 2 aliphatic heterocycles. The van der Waals surface area contributed by atoms with Gasteiger partial charge in [0.15, 0.2) is 0 Å². The summed E-state index contributed by atoms with van der Waals surface area (Å²) >= 11 is 13.5. The molecule has 2 fully saturated rings. The Balaban J connectivity index is 1.77. The lowest BCUT2D eigenvalue weighted by Crippen LogP contribution is -2.48. The smallest absolute Gasteiger partial charge is 0.248 e. The van der Waals surface area contributed by atoms with Gasteiger partial charge in [-0.1, -0.05) is 23.2 Å². The average molecular weight is 345 g/mol. The number of thioether (sulfide) groups is 1. The SMILES string of the molecule is C[C@]12CCC(=O)N1[C@@H](C(=O)Nc1ccc(Cl)c(Cl)c1)CS2. The van der Waals surface area contributed by atoms with Crippen molar-refractivity contribution in [1.29, 1.82) is 0 Å². The quantitative estimate of drug-likeness (QED) is 0.894. The molecule has 2 saturated heterocycles. The maximum Gasteiger partial charge on any atom is 0.248 e. The molecule has 1 aromatic rings. The van der Waals surface area contributed by atoms with Crippen molar-refractivity contribution in [3.8, 4) is 0 Å². The molecule has 4 nitrogen and oxygen atoms in total.